The predicted octanol–water partition coefficient (Wildman–Crippen LogP) is 4.18. The van der Waals surface area contributed by atoms with Crippen LogP contribution in [0.2, 0.25) is 0 Å². The van der Waals surface area contributed by atoms with E-state index in [0.29, 0.717) is 37.0 Å². The van der Waals surface area contributed by atoms with Crippen LogP contribution >= 0.6 is 24.0 Å². The molecule has 1 aliphatic heterocycles. The summed E-state index contributed by atoms with van der Waals surface area (Å²) in [5, 5.41) is 6.99. The van der Waals surface area contributed by atoms with Crippen LogP contribution in [0.5, 0.6) is 0 Å². The number of likely N-dealkylation sites (tertiary alicyclic amines) is 1. The second-order valence-electron chi connectivity index (χ2n) is 8.10. The molecule has 1 saturated heterocycles. The van der Waals surface area contributed by atoms with Gasteiger partial charge in [-0.25, -0.2) is 8.78 Å². The summed E-state index contributed by atoms with van der Waals surface area (Å²) >= 11 is 0. The van der Waals surface area contributed by atoms with Gasteiger partial charge in [-0.3, -0.25) is 9.89 Å². The Morgan fingerprint density at radius 2 is 1.79 bits per heavy atom. The average molecular weight is 506 g/mol. The van der Waals surface area contributed by atoms with Crippen molar-refractivity contribution in [3.8, 4) is 0 Å². The predicted molar refractivity (Wildman–Crippen MR) is 122 cm³/mol. The van der Waals surface area contributed by atoms with Gasteiger partial charge in [-0.15, -0.1) is 24.0 Å². The van der Waals surface area contributed by atoms with Crippen molar-refractivity contribution in [2.24, 2.45) is 4.99 Å². The van der Waals surface area contributed by atoms with Gasteiger partial charge in [0.25, 0.3) is 6.43 Å². The van der Waals surface area contributed by atoms with E-state index in [1.807, 2.05) is 4.90 Å². The topological polar surface area (TPSA) is 39.7 Å². The maximum atomic E-state index is 12.5. The second kappa shape index (κ2) is 10.7. The molecule has 4 nitrogen and oxygen atoms in total. The molecule has 1 aromatic carbocycles. The molecule has 2 N–H and O–H groups in total. The molecule has 1 aliphatic carbocycles. The molecule has 2 atom stereocenters. The number of benzene rings is 1. The zero-order valence-corrected chi connectivity index (χ0v) is 19.3. The summed E-state index contributed by atoms with van der Waals surface area (Å²) in [6.45, 7) is 5.74. The number of alkyl halides is 2. The Bertz CT molecular complexity index is 628. The quantitative estimate of drug-likeness (QED) is 0.346. The minimum absolute atomic E-state index is 0. The summed E-state index contributed by atoms with van der Waals surface area (Å²) < 4.78 is 25.0. The van der Waals surface area contributed by atoms with E-state index in [-0.39, 0.29) is 30.5 Å². The van der Waals surface area contributed by atoms with E-state index in [1.165, 1.54) is 11.1 Å². The minimum Gasteiger partial charge on any atom is -0.354 e. The molecular formula is C21H33F2IN4. The molecule has 28 heavy (non-hydrogen) atoms. The van der Waals surface area contributed by atoms with Crippen LogP contribution in [-0.4, -0.2) is 56.1 Å². The van der Waals surface area contributed by atoms with Crippen molar-refractivity contribution in [1.29, 1.82) is 0 Å². The molecule has 0 bridgehead atoms. The lowest BCUT2D eigenvalue weighted by molar-refractivity contribution is 0.0744. The third kappa shape index (κ3) is 6.54. The van der Waals surface area contributed by atoms with E-state index in [4.69, 9.17) is 0 Å². The number of hydrogen-bond donors (Lipinski definition) is 2. The van der Waals surface area contributed by atoms with E-state index in [2.05, 4.69) is 53.7 Å². The molecule has 2 unspecified atom stereocenters. The largest absolute Gasteiger partial charge is 0.354 e. The monoisotopic (exact) mass is 506 g/mol. The molecule has 3 rings (SSSR count). The highest BCUT2D eigenvalue weighted by molar-refractivity contribution is 14.0. The van der Waals surface area contributed by atoms with Gasteiger partial charge < -0.3 is 10.6 Å². The molecule has 0 radical (unpaired) electrons. The van der Waals surface area contributed by atoms with Gasteiger partial charge in [-0.2, -0.15) is 0 Å². The number of nitrogens with one attached hydrogen (secondary N) is 2. The van der Waals surface area contributed by atoms with Crippen LogP contribution in [-0.2, 0) is 0 Å². The first-order valence-electron chi connectivity index (χ1n) is 10.1. The fourth-order valence-corrected chi connectivity index (χ4v) is 3.85. The van der Waals surface area contributed by atoms with Crippen molar-refractivity contribution in [3.05, 3.63) is 35.4 Å². The highest BCUT2D eigenvalue weighted by Crippen LogP contribution is 2.41. The van der Waals surface area contributed by atoms with Gasteiger partial charge in [-0.1, -0.05) is 38.1 Å². The lowest BCUT2D eigenvalue weighted by atomic mass is 10.0. The SMILES string of the molecule is CN=C(NC1CCN(CC(F)F)CC1)NC1CC1c1ccc(C(C)C)cc1.I. The summed E-state index contributed by atoms with van der Waals surface area (Å²) in [4.78, 5) is 6.20. The lowest BCUT2D eigenvalue weighted by Gasteiger charge is -2.32. The Morgan fingerprint density at radius 1 is 1.14 bits per heavy atom. The van der Waals surface area contributed by atoms with Gasteiger partial charge >= 0.3 is 0 Å². The third-order valence-electron chi connectivity index (χ3n) is 5.69. The number of nitrogens with zero attached hydrogens (tertiary/aromatic N) is 2. The van der Waals surface area contributed by atoms with Crippen molar-refractivity contribution in [2.75, 3.05) is 26.7 Å². The molecule has 1 aromatic rings. The summed E-state index contributed by atoms with van der Waals surface area (Å²) in [6, 6.07) is 9.67. The minimum atomic E-state index is -2.25. The number of guanidine groups is 1. The lowest BCUT2D eigenvalue weighted by Crippen LogP contribution is -2.49. The van der Waals surface area contributed by atoms with Crippen LogP contribution in [0.3, 0.4) is 0 Å². The first-order chi connectivity index (χ1) is 13.0. The molecule has 158 valence electrons. The van der Waals surface area contributed by atoms with E-state index < -0.39 is 6.43 Å². The smallest absolute Gasteiger partial charge is 0.251 e. The van der Waals surface area contributed by atoms with Crippen molar-refractivity contribution in [1.82, 2.24) is 15.5 Å². The van der Waals surface area contributed by atoms with Crippen LogP contribution < -0.4 is 10.6 Å². The first-order valence-corrected chi connectivity index (χ1v) is 10.1. The van der Waals surface area contributed by atoms with Gasteiger partial charge in [0.1, 0.15) is 0 Å². The number of rotatable bonds is 6. The fourth-order valence-electron chi connectivity index (χ4n) is 3.85. The Morgan fingerprint density at radius 3 is 2.32 bits per heavy atom. The molecule has 0 spiro atoms. The van der Waals surface area contributed by atoms with Crippen molar-refractivity contribution >= 4 is 29.9 Å². The van der Waals surface area contributed by atoms with Crippen LogP contribution in [0.25, 0.3) is 0 Å². The van der Waals surface area contributed by atoms with Gasteiger partial charge in [0.2, 0.25) is 0 Å². The zero-order chi connectivity index (χ0) is 19.4. The fraction of sp³-hybridized carbons (Fsp3) is 0.667. The third-order valence-corrected chi connectivity index (χ3v) is 5.69. The Kier molecular flexibility index (Phi) is 8.92. The van der Waals surface area contributed by atoms with Gasteiger partial charge in [0.15, 0.2) is 5.96 Å². The molecular weight excluding hydrogens is 473 g/mol. The van der Waals surface area contributed by atoms with Gasteiger partial charge in [0, 0.05) is 38.1 Å². The van der Waals surface area contributed by atoms with Crippen LogP contribution in [0.4, 0.5) is 8.78 Å². The maximum Gasteiger partial charge on any atom is 0.251 e. The maximum absolute atomic E-state index is 12.5. The standard InChI is InChI=1S/C21H32F2N4.HI/c1-14(2)15-4-6-16(7-5-15)18-12-19(18)26-21(24-3)25-17-8-10-27(11-9-17)13-20(22)23;/h4-7,14,17-20H,8-13H2,1-3H3,(H2,24,25,26);1H. The molecule has 1 saturated carbocycles. The molecule has 1 heterocycles. The summed E-state index contributed by atoms with van der Waals surface area (Å²) in [7, 11) is 1.79. The average Bonchev–Trinajstić information content (AvgIpc) is 3.41. The van der Waals surface area contributed by atoms with E-state index in [0.717, 1.165) is 25.2 Å². The molecule has 2 fully saturated rings. The van der Waals surface area contributed by atoms with Crippen LogP contribution in [0.15, 0.2) is 29.3 Å². The molecule has 0 aromatic heterocycles. The second-order valence-corrected chi connectivity index (χ2v) is 8.10. The van der Waals surface area contributed by atoms with Crippen molar-refractivity contribution in [3.63, 3.8) is 0 Å². The van der Waals surface area contributed by atoms with E-state index in [9.17, 15) is 8.78 Å². The first kappa shape index (κ1) is 23.3. The Labute approximate surface area is 184 Å². The van der Waals surface area contributed by atoms with Gasteiger partial charge in [0.05, 0.1) is 6.54 Å². The van der Waals surface area contributed by atoms with E-state index in [1.54, 1.807) is 7.05 Å². The Balaban J connectivity index is 0.00000280. The van der Waals surface area contributed by atoms with Gasteiger partial charge in [-0.05, 0) is 36.3 Å². The molecule has 2 aliphatic rings. The zero-order valence-electron chi connectivity index (χ0n) is 17.0. The molecule has 7 heteroatoms. The highest BCUT2D eigenvalue weighted by atomic mass is 127. The number of hydrogen-bond acceptors (Lipinski definition) is 2. The van der Waals surface area contributed by atoms with Crippen molar-refractivity contribution < 1.29 is 8.78 Å². The van der Waals surface area contributed by atoms with Crippen molar-refractivity contribution in [2.45, 2.75) is 63.5 Å². The van der Waals surface area contributed by atoms with Crippen LogP contribution in [0, 0.1) is 0 Å². The van der Waals surface area contributed by atoms with E-state index >= 15 is 0 Å². The van der Waals surface area contributed by atoms with Crippen LogP contribution in [0.1, 0.15) is 56.1 Å². The number of aliphatic imine (C=N–C) groups is 1. The summed E-state index contributed by atoms with van der Waals surface area (Å²) in [5.41, 5.74) is 2.76. The number of halogens is 3. The number of piperidine rings is 1. The Hall–Kier alpha value is -0.960. The normalized spacial score (nSPS) is 23.6. The summed E-state index contributed by atoms with van der Waals surface area (Å²) in [5.74, 6) is 1.92. The highest BCUT2D eigenvalue weighted by Gasteiger charge is 2.39. The summed E-state index contributed by atoms with van der Waals surface area (Å²) in [6.07, 6.45) is 0.621. The molecule has 0 amide bonds.